The standard InChI is InChI=1S/C15H25N3O/c1-12-7-5-8-13(11-12)18(4)10-6-9-15(2,17-3)14(16)19/h5,7-8,11,17H,6,9-10H2,1-4H3,(H2,16,19). The number of carbonyl (C=O) groups is 1. The normalized spacial score (nSPS) is 13.9. The lowest BCUT2D eigenvalue weighted by Gasteiger charge is -2.27. The second kappa shape index (κ2) is 6.57. The van der Waals surface area contributed by atoms with Gasteiger partial charge in [0.15, 0.2) is 0 Å². The van der Waals surface area contributed by atoms with Crippen molar-refractivity contribution < 1.29 is 4.79 Å². The van der Waals surface area contributed by atoms with Crippen LogP contribution in [0.1, 0.15) is 25.3 Å². The molecule has 1 amide bonds. The van der Waals surface area contributed by atoms with Crippen LogP contribution in [0.5, 0.6) is 0 Å². The molecule has 0 spiro atoms. The Balaban J connectivity index is 2.51. The first kappa shape index (κ1) is 15.5. The number of hydrogen-bond donors (Lipinski definition) is 2. The van der Waals surface area contributed by atoms with E-state index in [9.17, 15) is 4.79 Å². The minimum Gasteiger partial charge on any atom is -0.375 e. The molecule has 19 heavy (non-hydrogen) atoms. The fourth-order valence-corrected chi connectivity index (χ4v) is 2.04. The van der Waals surface area contributed by atoms with Crippen LogP contribution in [0.3, 0.4) is 0 Å². The van der Waals surface area contributed by atoms with Crippen molar-refractivity contribution in [2.24, 2.45) is 5.73 Å². The smallest absolute Gasteiger partial charge is 0.237 e. The molecule has 4 heteroatoms. The van der Waals surface area contributed by atoms with Crippen molar-refractivity contribution in [3.63, 3.8) is 0 Å². The number of anilines is 1. The Morgan fingerprint density at radius 2 is 2.16 bits per heavy atom. The number of likely N-dealkylation sites (N-methyl/N-ethyl adjacent to an activating group) is 1. The molecule has 0 aliphatic carbocycles. The summed E-state index contributed by atoms with van der Waals surface area (Å²) < 4.78 is 0. The summed E-state index contributed by atoms with van der Waals surface area (Å²) in [6, 6.07) is 8.40. The largest absolute Gasteiger partial charge is 0.375 e. The Labute approximate surface area is 116 Å². The fraction of sp³-hybridized carbons (Fsp3) is 0.533. The third kappa shape index (κ3) is 4.24. The van der Waals surface area contributed by atoms with Gasteiger partial charge in [-0.2, -0.15) is 0 Å². The molecule has 0 bridgehead atoms. The molecule has 3 N–H and O–H groups in total. The van der Waals surface area contributed by atoms with Crippen molar-refractivity contribution in [3.05, 3.63) is 29.8 Å². The number of nitrogens with two attached hydrogens (primary N) is 1. The lowest BCUT2D eigenvalue weighted by Crippen LogP contribution is -2.51. The first-order valence-corrected chi connectivity index (χ1v) is 6.65. The SMILES string of the molecule is CNC(C)(CCCN(C)c1cccc(C)c1)C(N)=O. The minimum atomic E-state index is -0.618. The Morgan fingerprint density at radius 3 is 2.68 bits per heavy atom. The lowest BCUT2D eigenvalue weighted by molar-refractivity contribution is -0.123. The molecule has 0 aliphatic rings. The predicted octanol–water partition coefficient (Wildman–Crippen LogP) is 1.67. The Bertz CT molecular complexity index is 433. The molecule has 1 aromatic rings. The number of carbonyl (C=O) groups excluding carboxylic acids is 1. The van der Waals surface area contributed by atoms with E-state index in [0.717, 1.165) is 19.4 Å². The highest BCUT2D eigenvalue weighted by molar-refractivity contribution is 5.84. The van der Waals surface area contributed by atoms with Crippen LogP contribution in [0.4, 0.5) is 5.69 Å². The number of benzene rings is 1. The molecule has 1 rings (SSSR count). The van der Waals surface area contributed by atoms with Gasteiger partial charge in [-0.3, -0.25) is 4.79 Å². The minimum absolute atomic E-state index is 0.298. The number of hydrogen-bond acceptors (Lipinski definition) is 3. The molecule has 0 radical (unpaired) electrons. The molecule has 0 heterocycles. The maximum Gasteiger partial charge on any atom is 0.237 e. The molecule has 0 saturated heterocycles. The van der Waals surface area contributed by atoms with Crippen LogP contribution < -0.4 is 16.0 Å². The zero-order valence-corrected chi connectivity index (χ0v) is 12.4. The monoisotopic (exact) mass is 263 g/mol. The summed E-state index contributed by atoms with van der Waals surface area (Å²) in [5.74, 6) is -0.298. The van der Waals surface area contributed by atoms with Gasteiger partial charge in [0.25, 0.3) is 0 Å². The van der Waals surface area contributed by atoms with Crippen LogP contribution in [-0.4, -0.2) is 32.1 Å². The average molecular weight is 263 g/mol. The van der Waals surface area contributed by atoms with E-state index in [-0.39, 0.29) is 5.91 Å². The van der Waals surface area contributed by atoms with Crippen LogP contribution in [0.15, 0.2) is 24.3 Å². The molecule has 0 aliphatic heterocycles. The van der Waals surface area contributed by atoms with Gasteiger partial charge in [0, 0.05) is 19.3 Å². The van der Waals surface area contributed by atoms with Crippen LogP contribution >= 0.6 is 0 Å². The zero-order chi connectivity index (χ0) is 14.5. The van der Waals surface area contributed by atoms with Crippen molar-refractivity contribution in [2.75, 3.05) is 25.5 Å². The maximum absolute atomic E-state index is 11.4. The number of aryl methyl sites for hydroxylation is 1. The van der Waals surface area contributed by atoms with E-state index < -0.39 is 5.54 Å². The number of amides is 1. The maximum atomic E-state index is 11.4. The lowest BCUT2D eigenvalue weighted by atomic mass is 9.95. The summed E-state index contributed by atoms with van der Waals surface area (Å²) in [6.07, 6.45) is 1.64. The van der Waals surface area contributed by atoms with Gasteiger partial charge in [0.05, 0.1) is 5.54 Å². The summed E-state index contributed by atoms with van der Waals surface area (Å²) in [4.78, 5) is 13.6. The Morgan fingerprint density at radius 1 is 1.47 bits per heavy atom. The predicted molar refractivity (Wildman–Crippen MR) is 80.3 cm³/mol. The second-order valence-electron chi connectivity index (χ2n) is 5.31. The quantitative estimate of drug-likeness (QED) is 0.787. The van der Waals surface area contributed by atoms with Gasteiger partial charge in [0.1, 0.15) is 0 Å². The number of primary amides is 1. The van der Waals surface area contributed by atoms with Crippen LogP contribution in [0.25, 0.3) is 0 Å². The van der Waals surface area contributed by atoms with Crippen molar-refractivity contribution in [1.82, 2.24) is 5.32 Å². The first-order chi connectivity index (χ1) is 8.89. The third-order valence-electron chi connectivity index (χ3n) is 3.71. The van der Waals surface area contributed by atoms with Crippen LogP contribution in [0, 0.1) is 6.92 Å². The van der Waals surface area contributed by atoms with E-state index in [1.54, 1.807) is 7.05 Å². The van der Waals surface area contributed by atoms with E-state index in [2.05, 4.69) is 48.5 Å². The summed E-state index contributed by atoms with van der Waals surface area (Å²) in [7, 11) is 3.84. The third-order valence-corrected chi connectivity index (χ3v) is 3.71. The van der Waals surface area contributed by atoms with Gasteiger partial charge in [-0.05, 0) is 51.4 Å². The van der Waals surface area contributed by atoms with Gasteiger partial charge >= 0.3 is 0 Å². The fourth-order valence-electron chi connectivity index (χ4n) is 2.04. The highest BCUT2D eigenvalue weighted by Gasteiger charge is 2.28. The number of rotatable bonds is 7. The Kier molecular flexibility index (Phi) is 5.36. The van der Waals surface area contributed by atoms with E-state index in [1.165, 1.54) is 11.3 Å². The van der Waals surface area contributed by atoms with E-state index in [4.69, 9.17) is 5.73 Å². The highest BCUT2D eigenvalue weighted by Crippen LogP contribution is 2.17. The molecule has 0 saturated carbocycles. The van der Waals surface area contributed by atoms with Gasteiger partial charge in [-0.25, -0.2) is 0 Å². The number of nitrogens with zero attached hydrogens (tertiary/aromatic N) is 1. The summed E-state index contributed by atoms with van der Waals surface area (Å²) >= 11 is 0. The van der Waals surface area contributed by atoms with Gasteiger partial charge in [-0.1, -0.05) is 12.1 Å². The van der Waals surface area contributed by atoms with E-state index in [1.807, 2.05) is 6.92 Å². The molecule has 106 valence electrons. The van der Waals surface area contributed by atoms with Crippen molar-refractivity contribution >= 4 is 11.6 Å². The van der Waals surface area contributed by atoms with Crippen molar-refractivity contribution in [1.29, 1.82) is 0 Å². The molecule has 0 fully saturated rings. The molecular formula is C15H25N3O. The molecule has 0 aromatic heterocycles. The van der Waals surface area contributed by atoms with Crippen molar-refractivity contribution in [3.8, 4) is 0 Å². The molecule has 4 nitrogen and oxygen atoms in total. The van der Waals surface area contributed by atoms with E-state index >= 15 is 0 Å². The highest BCUT2D eigenvalue weighted by atomic mass is 16.1. The first-order valence-electron chi connectivity index (χ1n) is 6.65. The van der Waals surface area contributed by atoms with Gasteiger partial charge in [-0.15, -0.1) is 0 Å². The van der Waals surface area contributed by atoms with Gasteiger partial charge in [0.2, 0.25) is 5.91 Å². The topological polar surface area (TPSA) is 58.4 Å². The molecular weight excluding hydrogens is 238 g/mol. The van der Waals surface area contributed by atoms with E-state index in [0.29, 0.717) is 0 Å². The van der Waals surface area contributed by atoms with Crippen LogP contribution in [0.2, 0.25) is 0 Å². The average Bonchev–Trinajstić information content (AvgIpc) is 2.38. The zero-order valence-electron chi connectivity index (χ0n) is 12.4. The molecule has 1 aromatic carbocycles. The van der Waals surface area contributed by atoms with Gasteiger partial charge < -0.3 is 16.0 Å². The summed E-state index contributed by atoms with van der Waals surface area (Å²) in [5, 5.41) is 3.01. The Hall–Kier alpha value is -1.55. The van der Waals surface area contributed by atoms with Crippen LogP contribution in [-0.2, 0) is 4.79 Å². The summed E-state index contributed by atoms with van der Waals surface area (Å²) in [5.41, 5.74) is 7.25. The number of nitrogens with one attached hydrogen (secondary N) is 1. The second-order valence-corrected chi connectivity index (χ2v) is 5.31. The summed E-state index contributed by atoms with van der Waals surface area (Å²) in [6.45, 7) is 4.83. The molecule has 1 atom stereocenters. The van der Waals surface area contributed by atoms with Crippen molar-refractivity contribution in [2.45, 2.75) is 32.2 Å². The molecule has 1 unspecified atom stereocenters.